The molecule has 1 aromatic heterocycles. The fourth-order valence-electron chi connectivity index (χ4n) is 3.25. The van der Waals surface area contributed by atoms with Crippen molar-refractivity contribution in [2.45, 2.75) is 19.5 Å². The van der Waals surface area contributed by atoms with E-state index in [0.29, 0.717) is 17.2 Å². The molecule has 0 aliphatic carbocycles. The van der Waals surface area contributed by atoms with Crippen LogP contribution in [0.3, 0.4) is 0 Å². The first-order valence-corrected chi connectivity index (χ1v) is 9.12. The Hall–Kier alpha value is -2.51. The van der Waals surface area contributed by atoms with Gasteiger partial charge in [-0.1, -0.05) is 0 Å². The van der Waals surface area contributed by atoms with Crippen molar-refractivity contribution in [1.29, 1.82) is 0 Å². The number of benzene rings is 1. The first-order chi connectivity index (χ1) is 13.1. The number of hydrogen-bond donors (Lipinski definition) is 1. The van der Waals surface area contributed by atoms with Crippen molar-refractivity contribution in [3.63, 3.8) is 0 Å². The van der Waals surface area contributed by atoms with Gasteiger partial charge >= 0.3 is 0 Å². The summed E-state index contributed by atoms with van der Waals surface area (Å²) in [5.74, 6) is 2.20. The summed E-state index contributed by atoms with van der Waals surface area (Å²) in [6.07, 6.45) is 1.70. The molecule has 1 saturated heterocycles. The van der Waals surface area contributed by atoms with Gasteiger partial charge in [-0.2, -0.15) is 0 Å². The second-order valence-electron chi connectivity index (χ2n) is 6.62. The number of amides is 1. The fraction of sp³-hybridized carbons (Fsp3) is 0.450. The maximum Gasteiger partial charge on any atom is 0.241 e. The normalized spacial score (nSPS) is 16.7. The van der Waals surface area contributed by atoms with Gasteiger partial charge in [-0.3, -0.25) is 14.6 Å². The predicted molar refractivity (Wildman–Crippen MR) is 103 cm³/mol. The molecule has 1 fully saturated rings. The molecular weight excluding hydrogens is 346 g/mol. The van der Waals surface area contributed by atoms with Gasteiger partial charge in [-0.25, -0.2) is 0 Å². The third-order valence-corrected chi connectivity index (χ3v) is 4.96. The van der Waals surface area contributed by atoms with Crippen molar-refractivity contribution in [2.75, 3.05) is 45.7 Å². The summed E-state index contributed by atoms with van der Waals surface area (Å²) in [5.41, 5.74) is 0.616. The summed E-state index contributed by atoms with van der Waals surface area (Å²) in [7, 11) is 3.18. The number of ether oxygens (including phenoxy) is 2. The SMILES string of the molecule is COc1ccc(OC)c(NC(=O)[C@H](C)N2CCN(Cc3ccco3)CC2)c1. The van der Waals surface area contributed by atoms with Crippen LogP contribution in [-0.4, -0.2) is 62.1 Å². The zero-order valence-corrected chi connectivity index (χ0v) is 16.1. The summed E-state index contributed by atoms with van der Waals surface area (Å²) >= 11 is 0. The summed E-state index contributed by atoms with van der Waals surface area (Å²) in [6.45, 7) is 6.23. The standard InChI is InChI=1S/C20H27N3O4/c1-15(20(24)21-18-13-16(25-2)6-7-19(18)26-3)23-10-8-22(9-11-23)14-17-5-4-12-27-17/h4-7,12-13,15H,8-11,14H2,1-3H3,(H,21,24)/t15-/m0/s1. The Kier molecular flexibility index (Phi) is 6.36. The van der Waals surface area contributed by atoms with E-state index < -0.39 is 0 Å². The predicted octanol–water partition coefficient (Wildman–Crippen LogP) is 2.44. The molecule has 0 saturated carbocycles. The molecule has 2 heterocycles. The van der Waals surface area contributed by atoms with Crippen molar-refractivity contribution in [3.8, 4) is 11.5 Å². The van der Waals surface area contributed by atoms with E-state index in [1.165, 1.54) is 0 Å². The van der Waals surface area contributed by atoms with Crippen LogP contribution in [0.2, 0.25) is 0 Å². The number of methoxy groups -OCH3 is 2. The molecular formula is C20H27N3O4. The molecule has 0 radical (unpaired) electrons. The molecule has 146 valence electrons. The van der Waals surface area contributed by atoms with Crippen molar-refractivity contribution in [2.24, 2.45) is 0 Å². The first-order valence-electron chi connectivity index (χ1n) is 9.12. The monoisotopic (exact) mass is 373 g/mol. The van der Waals surface area contributed by atoms with E-state index in [1.807, 2.05) is 19.1 Å². The number of carbonyl (C=O) groups is 1. The molecule has 3 rings (SSSR count). The van der Waals surface area contributed by atoms with Gasteiger partial charge < -0.3 is 19.2 Å². The number of nitrogens with one attached hydrogen (secondary N) is 1. The second kappa shape index (κ2) is 8.92. The zero-order chi connectivity index (χ0) is 19.2. The van der Waals surface area contributed by atoms with Crippen molar-refractivity contribution < 1.29 is 18.7 Å². The summed E-state index contributed by atoms with van der Waals surface area (Å²) < 4.78 is 16.0. The third kappa shape index (κ3) is 4.81. The minimum absolute atomic E-state index is 0.0546. The second-order valence-corrected chi connectivity index (χ2v) is 6.62. The van der Waals surface area contributed by atoms with E-state index in [0.717, 1.165) is 38.5 Å². The van der Waals surface area contributed by atoms with Gasteiger partial charge in [-0.05, 0) is 31.2 Å². The molecule has 27 heavy (non-hydrogen) atoms. The topological polar surface area (TPSA) is 67.2 Å². The van der Waals surface area contributed by atoms with E-state index in [2.05, 4.69) is 15.1 Å². The highest BCUT2D eigenvalue weighted by Crippen LogP contribution is 2.29. The number of nitrogens with zero attached hydrogens (tertiary/aromatic N) is 2. The van der Waals surface area contributed by atoms with Gasteiger partial charge in [0.2, 0.25) is 5.91 Å². The van der Waals surface area contributed by atoms with Crippen LogP contribution in [0.1, 0.15) is 12.7 Å². The molecule has 7 heteroatoms. The molecule has 1 amide bonds. The lowest BCUT2D eigenvalue weighted by Gasteiger charge is -2.37. The molecule has 1 aromatic carbocycles. The Bertz CT molecular complexity index is 740. The first kappa shape index (κ1) is 19.3. The molecule has 0 unspecified atom stereocenters. The van der Waals surface area contributed by atoms with Crippen LogP contribution in [0.15, 0.2) is 41.0 Å². The van der Waals surface area contributed by atoms with Crippen molar-refractivity contribution >= 4 is 11.6 Å². The van der Waals surface area contributed by atoms with Gasteiger partial charge in [0.1, 0.15) is 17.3 Å². The van der Waals surface area contributed by atoms with E-state index in [9.17, 15) is 4.79 Å². The Balaban J connectivity index is 1.55. The summed E-state index contributed by atoms with van der Waals surface area (Å²) in [6, 6.07) is 9.02. The van der Waals surface area contributed by atoms with Crippen molar-refractivity contribution in [3.05, 3.63) is 42.4 Å². The van der Waals surface area contributed by atoms with Crippen LogP contribution >= 0.6 is 0 Å². The molecule has 1 N–H and O–H groups in total. The van der Waals surface area contributed by atoms with Gasteiger partial charge in [0.15, 0.2) is 0 Å². The highest BCUT2D eigenvalue weighted by Gasteiger charge is 2.26. The molecule has 1 aliphatic rings. The average molecular weight is 373 g/mol. The molecule has 1 atom stereocenters. The lowest BCUT2D eigenvalue weighted by atomic mass is 10.2. The van der Waals surface area contributed by atoms with Gasteiger partial charge in [0, 0.05) is 32.2 Å². The largest absolute Gasteiger partial charge is 0.497 e. The number of furan rings is 1. The van der Waals surface area contributed by atoms with Crippen LogP contribution in [0, 0.1) is 0 Å². The zero-order valence-electron chi connectivity index (χ0n) is 16.1. The average Bonchev–Trinajstić information content (AvgIpc) is 3.21. The number of piperazine rings is 1. The Labute approximate surface area is 159 Å². The van der Waals surface area contributed by atoms with Crippen LogP contribution in [0.4, 0.5) is 5.69 Å². The number of carbonyl (C=O) groups excluding carboxylic acids is 1. The Morgan fingerprint density at radius 2 is 1.96 bits per heavy atom. The lowest BCUT2D eigenvalue weighted by Crippen LogP contribution is -2.52. The summed E-state index contributed by atoms with van der Waals surface area (Å²) in [5, 5.41) is 2.97. The number of rotatable bonds is 7. The third-order valence-electron chi connectivity index (χ3n) is 4.96. The highest BCUT2D eigenvalue weighted by atomic mass is 16.5. The molecule has 0 bridgehead atoms. The smallest absolute Gasteiger partial charge is 0.241 e. The minimum Gasteiger partial charge on any atom is -0.497 e. The fourth-order valence-corrected chi connectivity index (χ4v) is 3.25. The molecule has 7 nitrogen and oxygen atoms in total. The van der Waals surface area contributed by atoms with Crippen LogP contribution in [0.25, 0.3) is 0 Å². The molecule has 1 aliphatic heterocycles. The van der Waals surface area contributed by atoms with Crippen molar-refractivity contribution in [1.82, 2.24) is 9.80 Å². The number of anilines is 1. The Morgan fingerprint density at radius 3 is 2.59 bits per heavy atom. The molecule has 0 spiro atoms. The van der Waals surface area contributed by atoms with E-state index in [1.54, 1.807) is 38.7 Å². The lowest BCUT2D eigenvalue weighted by molar-refractivity contribution is -0.121. The van der Waals surface area contributed by atoms with Crippen LogP contribution in [-0.2, 0) is 11.3 Å². The molecule has 2 aromatic rings. The maximum atomic E-state index is 12.7. The highest BCUT2D eigenvalue weighted by molar-refractivity contribution is 5.96. The van der Waals surface area contributed by atoms with Gasteiger partial charge in [0.05, 0.1) is 38.8 Å². The quantitative estimate of drug-likeness (QED) is 0.804. The maximum absolute atomic E-state index is 12.7. The van der Waals surface area contributed by atoms with E-state index >= 15 is 0 Å². The van der Waals surface area contributed by atoms with E-state index in [4.69, 9.17) is 13.9 Å². The van der Waals surface area contributed by atoms with Gasteiger partial charge in [-0.15, -0.1) is 0 Å². The Morgan fingerprint density at radius 1 is 1.19 bits per heavy atom. The van der Waals surface area contributed by atoms with Crippen LogP contribution in [0.5, 0.6) is 11.5 Å². The number of hydrogen-bond acceptors (Lipinski definition) is 6. The van der Waals surface area contributed by atoms with E-state index in [-0.39, 0.29) is 11.9 Å². The van der Waals surface area contributed by atoms with Gasteiger partial charge in [0.25, 0.3) is 0 Å². The minimum atomic E-state index is -0.230. The summed E-state index contributed by atoms with van der Waals surface area (Å²) in [4.78, 5) is 17.3. The van der Waals surface area contributed by atoms with Crippen LogP contribution < -0.4 is 14.8 Å².